The number of aryl methyl sites for hydroxylation is 2. The highest BCUT2D eigenvalue weighted by molar-refractivity contribution is 7.91. The Hall–Kier alpha value is -2.84. The molecule has 1 aliphatic heterocycles. The summed E-state index contributed by atoms with van der Waals surface area (Å²) in [5, 5.41) is 5.42. The van der Waals surface area contributed by atoms with Crippen molar-refractivity contribution in [2.45, 2.75) is 24.8 Å². The summed E-state index contributed by atoms with van der Waals surface area (Å²) < 4.78 is 31.2. The predicted octanol–water partition coefficient (Wildman–Crippen LogP) is 3.21. The van der Waals surface area contributed by atoms with Gasteiger partial charge in [0.1, 0.15) is 0 Å². The van der Waals surface area contributed by atoms with E-state index in [9.17, 15) is 18.0 Å². The lowest BCUT2D eigenvalue weighted by molar-refractivity contribution is -0.136. The lowest BCUT2D eigenvalue weighted by Crippen LogP contribution is -2.47. The number of urea groups is 1. The number of ether oxygens (including phenoxy) is 1. The number of rotatable bonds is 5. The van der Waals surface area contributed by atoms with Crippen molar-refractivity contribution in [3.05, 3.63) is 75.4 Å². The van der Waals surface area contributed by atoms with Crippen LogP contribution in [0.1, 0.15) is 22.7 Å². The quantitative estimate of drug-likeness (QED) is 0.684. The summed E-state index contributed by atoms with van der Waals surface area (Å²) in [4.78, 5) is 25.1. The van der Waals surface area contributed by atoms with Gasteiger partial charge in [0.2, 0.25) is 0 Å². The molecule has 1 atom stereocenters. The molecule has 3 rings (SSSR count). The number of esters is 1. The van der Waals surface area contributed by atoms with Gasteiger partial charge in [-0.15, -0.1) is 0 Å². The number of hydrogen-bond acceptors (Lipinski definition) is 5. The summed E-state index contributed by atoms with van der Waals surface area (Å²) in [5.41, 5.74) is 1.75. The van der Waals surface area contributed by atoms with Crippen LogP contribution in [-0.2, 0) is 19.4 Å². The minimum absolute atomic E-state index is 0.0147. The first-order valence-electron chi connectivity index (χ1n) is 9.07. The van der Waals surface area contributed by atoms with Crippen LogP contribution in [0.4, 0.5) is 4.79 Å². The van der Waals surface area contributed by atoms with Crippen molar-refractivity contribution in [2.24, 2.45) is 0 Å². The maximum Gasteiger partial charge on any atom is 0.338 e. The van der Waals surface area contributed by atoms with E-state index in [1.54, 1.807) is 50.2 Å². The molecule has 2 aromatic rings. The van der Waals surface area contributed by atoms with E-state index >= 15 is 0 Å². The van der Waals surface area contributed by atoms with Crippen molar-refractivity contribution in [2.75, 3.05) is 12.9 Å². The lowest BCUT2D eigenvalue weighted by atomic mass is 9.95. The molecule has 2 aromatic carbocycles. The molecule has 0 saturated carbocycles. The van der Waals surface area contributed by atoms with Crippen molar-refractivity contribution < 1.29 is 22.7 Å². The molecule has 2 amide bonds. The number of benzene rings is 2. The smallest absolute Gasteiger partial charge is 0.338 e. The number of amides is 2. The van der Waals surface area contributed by atoms with Crippen LogP contribution in [0.5, 0.6) is 0 Å². The molecule has 9 heteroatoms. The highest BCUT2D eigenvalue weighted by atomic mass is 35.5. The molecule has 0 aliphatic carbocycles. The Balaban J connectivity index is 2.15. The second-order valence-electron chi connectivity index (χ2n) is 6.96. The van der Waals surface area contributed by atoms with Crippen molar-refractivity contribution in [3.8, 4) is 0 Å². The van der Waals surface area contributed by atoms with E-state index < -0.39 is 33.6 Å². The monoisotopic (exact) mass is 448 g/mol. The van der Waals surface area contributed by atoms with E-state index in [1.807, 2.05) is 6.07 Å². The van der Waals surface area contributed by atoms with Gasteiger partial charge >= 0.3 is 12.0 Å². The van der Waals surface area contributed by atoms with Gasteiger partial charge in [-0.3, -0.25) is 0 Å². The molecule has 0 unspecified atom stereocenters. The van der Waals surface area contributed by atoms with Crippen LogP contribution in [0.25, 0.3) is 0 Å². The zero-order valence-corrected chi connectivity index (χ0v) is 18.2. The third-order valence-electron chi connectivity index (χ3n) is 4.79. The summed E-state index contributed by atoms with van der Waals surface area (Å²) in [6, 6.07) is 10.2. The molecule has 1 aliphatic rings. The number of carbonyl (C=O) groups excluding carboxylic acids is 2. The van der Waals surface area contributed by atoms with Gasteiger partial charge in [-0.05, 0) is 42.7 Å². The number of hydrogen-bond donors (Lipinski definition) is 2. The number of carbonyl (C=O) groups is 2. The predicted molar refractivity (Wildman–Crippen MR) is 113 cm³/mol. The fraction of sp³-hybridized carbons (Fsp3) is 0.238. The fourth-order valence-corrected chi connectivity index (χ4v) is 5.27. The third-order valence-corrected chi connectivity index (χ3v) is 6.91. The zero-order chi connectivity index (χ0) is 22.1. The maximum absolute atomic E-state index is 13.2. The highest BCUT2D eigenvalue weighted by Gasteiger charge is 2.36. The van der Waals surface area contributed by atoms with Gasteiger partial charge in [0.25, 0.3) is 0 Å². The Morgan fingerprint density at radius 1 is 1.17 bits per heavy atom. The van der Waals surface area contributed by atoms with Crippen molar-refractivity contribution in [1.29, 1.82) is 0 Å². The first kappa shape index (κ1) is 21.9. The standard InChI is InChI=1S/C21H21ClN2O5S/c1-12-8-9-13(2)17(10-12)30(27,28)11-16-18(20(25)29-3)19(24-21(26)23-16)14-6-4-5-7-15(14)22/h4-10,19H,11H2,1-3H3,(H2,23,24,26)/t19-/m1/s1. The molecule has 0 aromatic heterocycles. The molecule has 1 heterocycles. The van der Waals surface area contributed by atoms with Crippen LogP contribution in [0.2, 0.25) is 5.02 Å². The Morgan fingerprint density at radius 2 is 1.87 bits per heavy atom. The first-order chi connectivity index (χ1) is 14.1. The van der Waals surface area contributed by atoms with Gasteiger partial charge in [-0.25, -0.2) is 18.0 Å². The topological polar surface area (TPSA) is 102 Å². The van der Waals surface area contributed by atoms with Gasteiger partial charge < -0.3 is 15.4 Å². The van der Waals surface area contributed by atoms with Crippen LogP contribution in [0, 0.1) is 13.8 Å². The average Bonchev–Trinajstić information content (AvgIpc) is 2.68. The summed E-state index contributed by atoms with van der Waals surface area (Å²) in [6.07, 6.45) is 0. The number of methoxy groups -OCH3 is 1. The molecule has 158 valence electrons. The van der Waals surface area contributed by atoms with Crippen molar-refractivity contribution in [3.63, 3.8) is 0 Å². The summed E-state index contributed by atoms with van der Waals surface area (Å²) in [7, 11) is -2.68. The van der Waals surface area contributed by atoms with E-state index in [-0.39, 0.29) is 16.2 Å². The summed E-state index contributed by atoms with van der Waals surface area (Å²) in [5.74, 6) is -1.34. The molecular formula is C21H21ClN2O5S. The van der Waals surface area contributed by atoms with Gasteiger partial charge in [0.15, 0.2) is 9.84 Å². The normalized spacial score (nSPS) is 16.7. The SMILES string of the molecule is COC(=O)C1=C(CS(=O)(=O)c2cc(C)ccc2C)NC(=O)N[C@@H]1c1ccccc1Cl. The van der Waals surface area contributed by atoms with Crippen LogP contribution >= 0.6 is 11.6 Å². The average molecular weight is 449 g/mol. The molecule has 0 fully saturated rings. The number of halogens is 1. The molecule has 7 nitrogen and oxygen atoms in total. The van der Waals surface area contributed by atoms with E-state index in [0.29, 0.717) is 16.1 Å². The maximum atomic E-state index is 13.2. The van der Waals surface area contributed by atoms with Crippen LogP contribution in [0.15, 0.2) is 58.6 Å². The highest BCUT2D eigenvalue weighted by Crippen LogP contribution is 2.33. The molecule has 0 radical (unpaired) electrons. The van der Waals surface area contributed by atoms with Crippen LogP contribution < -0.4 is 10.6 Å². The second-order valence-corrected chi connectivity index (χ2v) is 9.33. The van der Waals surface area contributed by atoms with Crippen molar-refractivity contribution in [1.82, 2.24) is 10.6 Å². The van der Waals surface area contributed by atoms with Crippen molar-refractivity contribution >= 4 is 33.4 Å². The second kappa shape index (κ2) is 8.49. The molecule has 2 N–H and O–H groups in total. The van der Waals surface area contributed by atoms with Gasteiger partial charge in [-0.1, -0.05) is 41.9 Å². The van der Waals surface area contributed by atoms with Crippen LogP contribution in [0.3, 0.4) is 0 Å². The van der Waals surface area contributed by atoms with Gasteiger partial charge in [0.05, 0.1) is 29.4 Å². The van der Waals surface area contributed by atoms with E-state index in [1.165, 1.54) is 7.11 Å². The fourth-order valence-electron chi connectivity index (χ4n) is 3.34. The molecule has 30 heavy (non-hydrogen) atoms. The Morgan fingerprint density at radius 3 is 2.53 bits per heavy atom. The number of sulfone groups is 1. The van der Waals surface area contributed by atoms with Gasteiger partial charge in [0, 0.05) is 10.7 Å². The van der Waals surface area contributed by atoms with Crippen LogP contribution in [-0.4, -0.2) is 33.3 Å². The van der Waals surface area contributed by atoms with E-state index in [4.69, 9.17) is 16.3 Å². The Bertz CT molecular complexity index is 1160. The minimum Gasteiger partial charge on any atom is -0.466 e. The molecule has 0 bridgehead atoms. The molecule has 0 spiro atoms. The summed E-state index contributed by atoms with van der Waals surface area (Å²) in [6.45, 7) is 3.48. The zero-order valence-electron chi connectivity index (χ0n) is 16.7. The molecular weight excluding hydrogens is 428 g/mol. The molecule has 0 saturated heterocycles. The van der Waals surface area contributed by atoms with E-state index in [0.717, 1.165) is 5.56 Å². The van der Waals surface area contributed by atoms with E-state index in [2.05, 4.69) is 10.6 Å². The largest absolute Gasteiger partial charge is 0.466 e. The lowest BCUT2D eigenvalue weighted by Gasteiger charge is -2.29. The summed E-state index contributed by atoms with van der Waals surface area (Å²) >= 11 is 6.27. The van der Waals surface area contributed by atoms with Gasteiger partial charge in [-0.2, -0.15) is 0 Å². The first-order valence-corrected chi connectivity index (χ1v) is 11.1. The minimum atomic E-state index is -3.87. The number of nitrogens with one attached hydrogen (secondary N) is 2. The third kappa shape index (κ3) is 4.34. The Kier molecular flexibility index (Phi) is 6.19. The Labute approximate surface area is 180 Å².